The van der Waals surface area contributed by atoms with Gasteiger partial charge in [-0.15, -0.1) is 0 Å². The fraction of sp³-hybridized carbons (Fsp3) is 0.316. The number of hydrogen-bond donors (Lipinski definition) is 1. The van der Waals surface area contributed by atoms with Crippen molar-refractivity contribution >= 4 is 23.2 Å². The molecule has 2 aromatic rings. The van der Waals surface area contributed by atoms with Gasteiger partial charge in [-0.05, 0) is 30.3 Å². The number of para-hydroxylation sites is 2. The fourth-order valence-electron chi connectivity index (χ4n) is 3.15. The molecule has 0 atom stereocenters. The first-order valence-corrected chi connectivity index (χ1v) is 8.67. The zero-order valence-electron chi connectivity index (χ0n) is 14.9. The van der Waals surface area contributed by atoms with Crippen LogP contribution >= 0.6 is 0 Å². The Morgan fingerprint density at radius 2 is 1.81 bits per heavy atom. The largest absolute Gasteiger partial charge is 0.490 e. The minimum Gasteiger partial charge on any atom is -0.490 e. The topological polar surface area (TPSA) is 96.2 Å². The Bertz CT molecular complexity index is 816. The molecule has 1 N–H and O–H groups in total. The van der Waals surface area contributed by atoms with Crippen LogP contribution in [0.15, 0.2) is 48.5 Å². The van der Waals surface area contributed by atoms with Crippen molar-refractivity contribution in [2.75, 3.05) is 25.0 Å². The van der Waals surface area contributed by atoms with Crippen LogP contribution in [-0.4, -0.2) is 47.3 Å². The van der Waals surface area contributed by atoms with Crippen molar-refractivity contribution in [3.8, 4) is 5.75 Å². The minimum atomic E-state index is -0.893. The molecule has 3 rings (SSSR count). The summed E-state index contributed by atoms with van der Waals surface area (Å²) in [7, 11) is 1.78. The lowest BCUT2D eigenvalue weighted by Gasteiger charge is -2.30. The molecule has 0 unspecified atom stereocenters. The number of ether oxygens (including phenoxy) is 1. The van der Waals surface area contributed by atoms with Crippen LogP contribution in [0.1, 0.15) is 12.8 Å². The van der Waals surface area contributed by atoms with Gasteiger partial charge in [0, 0.05) is 44.7 Å². The number of carboxylic acid groups (broad SMARTS) is 1. The highest BCUT2D eigenvalue weighted by atomic mass is 16.6. The van der Waals surface area contributed by atoms with Gasteiger partial charge in [0.15, 0.2) is 0 Å². The van der Waals surface area contributed by atoms with Crippen molar-refractivity contribution in [1.29, 1.82) is 0 Å². The van der Waals surface area contributed by atoms with Gasteiger partial charge in [-0.1, -0.05) is 12.1 Å². The van der Waals surface area contributed by atoms with Gasteiger partial charge in [-0.25, -0.2) is 4.79 Å². The number of carbonyl (C=O) groups is 1. The summed E-state index contributed by atoms with van der Waals surface area (Å²) in [5.74, 6) is 0.698. The van der Waals surface area contributed by atoms with E-state index in [0.29, 0.717) is 37.4 Å². The Labute approximate surface area is 156 Å². The van der Waals surface area contributed by atoms with E-state index in [9.17, 15) is 14.9 Å². The third kappa shape index (κ3) is 4.28. The third-order valence-electron chi connectivity index (χ3n) is 4.68. The molecule has 1 heterocycles. The molecule has 2 aromatic carbocycles. The Morgan fingerprint density at radius 3 is 2.41 bits per heavy atom. The summed E-state index contributed by atoms with van der Waals surface area (Å²) in [5.41, 5.74) is 1.36. The van der Waals surface area contributed by atoms with E-state index in [2.05, 4.69) is 0 Å². The average molecular weight is 371 g/mol. The predicted molar refractivity (Wildman–Crippen MR) is 101 cm³/mol. The van der Waals surface area contributed by atoms with Crippen LogP contribution in [-0.2, 0) is 0 Å². The number of nitro benzene ring substituents is 1. The van der Waals surface area contributed by atoms with E-state index >= 15 is 0 Å². The Balaban J connectivity index is 1.66. The van der Waals surface area contributed by atoms with Crippen LogP contribution in [0.2, 0.25) is 0 Å². The highest BCUT2D eigenvalue weighted by molar-refractivity contribution is 5.71. The standard InChI is InChI=1S/C19H21N3O5/c1-20(17-4-2-3-5-18(17)22(25)26)14-6-8-15(9-7-14)27-16-10-12-21(13-11-16)19(23)24/h2-9,16H,10-13H2,1H3,(H,23,24). The maximum absolute atomic E-state index is 11.2. The summed E-state index contributed by atoms with van der Waals surface area (Å²) in [6, 6.07) is 13.9. The highest BCUT2D eigenvalue weighted by Crippen LogP contribution is 2.33. The molecule has 1 fully saturated rings. The zero-order chi connectivity index (χ0) is 19.4. The minimum absolute atomic E-state index is 0.0145. The van der Waals surface area contributed by atoms with Crippen LogP contribution in [0.3, 0.4) is 0 Å². The first kappa shape index (κ1) is 18.5. The van der Waals surface area contributed by atoms with Crippen molar-refractivity contribution in [2.24, 2.45) is 0 Å². The molecule has 1 saturated heterocycles. The second kappa shape index (κ2) is 7.94. The molecule has 8 nitrogen and oxygen atoms in total. The molecule has 0 aromatic heterocycles. The first-order chi connectivity index (χ1) is 13.0. The number of rotatable bonds is 5. The van der Waals surface area contributed by atoms with Gasteiger partial charge in [0.1, 0.15) is 17.5 Å². The fourth-order valence-corrected chi connectivity index (χ4v) is 3.15. The van der Waals surface area contributed by atoms with E-state index in [1.165, 1.54) is 11.0 Å². The first-order valence-electron chi connectivity index (χ1n) is 8.67. The van der Waals surface area contributed by atoms with E-state index in [4.69, 9.17) is 9.84 Å². The number of hydrogen-bond acceptors (Lipinski definition) is 5. The van der Waals surface area contributed by atoms with Crippen molar-refractivity contribution in [1.82, 2.24) is 4.90 Å². The average Bonchev–Trinajstić information content (AvgIpc) is 2.68. The van der Waals surface area contributed by atoms with Crippen LogP contribution in [0, 0.1) is 10.1 Å². The Hall–Kier alpha value is -3.29. The molecule has 0 aliphatic carbocycles. The lowest BCUT2D eigenvalue weighted by Crippen LogP contribution is -2.41. The van der Waals surface area contributed by atoms with Crippen molar-refractivity contribution < 1.29 is 19.6 Å². The molecular weight excluding hydrogens is 350 g/mol. The smallest absolute Gasteiger partial charge is 0.407 e. The molecule has 1 aliphatic heterocycles. The van der Waals surface area contributed by atoms with Gasteiger partial charge in [-0.3, -0.25) is 10.1 Å². The number of piperidine rings is 1. The second-order valence-electron chi connectivity index (χ2n) is 6.39. The normalized spacial score (nSPS) is 14.6. The molecule has 0 saturated carbocycles. The molecule has 142 valence electrons. The molecule has 8 heteroatoms. The zero-order valence-corrected chi connectivity index (χ0v) is 14.9. The van der Waals surface area contributed by atoms with Crippen LogP contribution in [0.5, 0.6) is 5.75 Å². The summed E-state index contributed by atoms with van der Waals surface area (Å²) in [5, 5.41) is 20.2. The summed E-state index contributed by atoms with van der Waals surface area (Å²) >= 11 is 0. The highest BCUT2D eigenvalue weighted by Gasteiger charge is 2.23. The van der Waals surface area contributed by atoms with Crippen LogP contribution in [0.4, 0.5) is 21.9 Å². The molecular formula is C19H21N3O5. The Kier molecular flexibility index (Phi) is 5.44. The number of likely N-dealkylation sites (tertiary alicyclic amines) is 1. The molecule has 0 bridgehead atoms. The van der Waals surface area contributed by atoms with E-state index in [0.717, 1.165) is 5.69 Å². The maximum atomic E-state index is 11.2. The maximum Gasteiger partial charge on any atom is 0.407 e. The van der Waals surface area contributed by atoms with Gasteiger partial charge < -0.3 is 19.6 Å². The van der Waals surface area contributed by atoms with Crippen molar-refractivity contribution in [2.45, 2.75) is 18.9 Å². The van der Waals surface area contributed by atoms with Gasteiger partial charge in [0.05, 0.1) is 4.92 Å². The molecule has 0 spiro atoms. The Morgan fingerprint density at radius 1 is 1.19 bits per heavy atom. The molecule has 1 amide bonds. The van der Waals surface area contributed by atoms with Crippen molar-refractivity contribution in [3.63, 3.8) is 0 Å². The second-order valence-corrected chi connectivity index (χ2v) is 6.39. The monoisotopic (exact) mass is 371 g/mol. The number of amides is 1. The lowest BCUT2D eigenvalue weighted by molar-refractivity contribution is -0.384. The van der Waals surface area contributed by atoms with Crippen molar-refractivity contribution in [3.05, 3.63) is 58.6 Å². The number of anilines is 2. The quantitative estimate of drug-likeness (QED) is 0.633. The van der Waals surface area contributed by atoms with E-state index < -0.39 is 11.0 Å². The van der Waals surface area contributed by atoms with Gasteiger partial charge in [0.25, 0.3) is 5.69 Å². The van der Waals surface area contributed by atoms with Gasteiger partial charge in [0.2, 0.25) is 0 Å². The molecule has 27 heavy (non-hydrogen) atoms. The SMILES string of the molecule is CN(c1ccc(OC2CCN(C(=O)O)CC2)cc1)c1ccccc1[N+](=O)[O-]. The van der Waals surface area contributed by atoms with Crippen LogP contribution < -0.4 is 9.64 Å². The molecule has 0 radical (unpaired) electrons. The summed E-state index contributed by atoms with van der Waals surface area (Å²) in [6.45, 7) is 0.941. The van der Waals surface area contributed by atoms with Gasteiger partial charge in [-0.2, -0.15) is 0 Å². The van der Waals surface area contributed by atoms with E-state index in [-0.39, 0.29) is 11.8 Å². The molecule has 1 aliphatic rings. The number of nitro groups is 1. The van der Waals surface area contributed by atoms with E-state index in [1.807, 2.05) is 24.3 Å². The summed E-state index contributed by atoms with van der Waals surface area (Å²) in [6.07, 6.45) is 0.407. The van der Waals surface area contributed by atoms with Crippen LogP contribution in [0.25, 0.3) is 0 Å². The summed E-state index contributed by atoms with van der Waals surface area (Å²) in [4.78, 5) is 24.9. The number of nitrogens with zero attached hydrogens (tertiary/aromatic N) is 3. The lowest BCUT2D eigenvalue weighted by atomic mass is 10.1. The summed E-state index contributed by atoms with van der Waals surface area (Å²) < 4.78 is 5.94. The number of benzene rings is 2. The third-order valence-corrected chi connectivity index (χ3v) is 4.68. The van der Waals surface area contributed by atoms with E-state index in [1.54, 1.807) is 30.1 Å². The predicted octanol–water partition coefficient (Wildman–Crippen LogP) is 3.88. The van der Waals surface area contributed by atoms with Gasteiger partial charge >= 0.3 is 6.09 Å².